The van der Waals surface area contributed by atoms with Crippen molar-refractivity contribution in [3.05, 3.63) is 23.5 Å². The number of rotatable bonds is 3. The van der Waals surface area contributed by atoms with E-state index in [1.807, 2.05) is 6.26 Å². The van der Waals surface area contributed by atoms with Crippen LogP contribution >= 0.6 is 11.8 Å². The summed E-state index contributed by atoms with van der Waals surface area (Å²) in [5, 5.41) is 20.6. The van der Waals surface area contributed by atoms with Crippen LogP contribution in [0.4, 0.5) is 0 Å². The quantitative estimate of drug-likeness (QED) is 0.321. The van der Waals surface area contributed by atoms with Gasteiger partial charge in [0, 0.05) is 5.41 Å². The van der Waals surface area contributed by atoms with Crippen LogP contribution in [0.1, 0.15) is 104 Å². The zero-order valence-electron chi connectivity index (χ0n) is 24.6. The van der Waals surface area contributed by atoms with Crippen molar-refractivity contribution < 1.29 is 9.90 Å². The van der Waals surface area contributed by atoms with Crippen LogP contribution in [0.5, 0.6) is 0 Å². The standard InChI is InChI=1S/C32H47N3O2S/c1-18(2)19-11-14-32(26(36)37)16-15-30(6)20(24(19)32)9-10-23-29(5)17-21-25(33-27(38-8)35-34-21)28(3,4)22(29)12-13-31(23,30)7/h19-20,22-24H,1,9-17H2,2-8H3,(H,36,37)/t19-,20?,22?,23?,24?,29-,30+,31+,32-/m0/s1. The van der Waals surface area contributed by atoms with Gasteiger partial charge in [-0.15, -0.1) is 5.10 Å². The molecule has 0 aromatic carbocycles. The smallest absolute Gasteiger partial charge is 0.309 e. The van der Waals surface area contributed by atoms with Crippen LogP contribution in [0.3, 0.4) is 0 Å². The summed E-state index contributed by atoms with van der Waals surface area (Å²) in [6.07, 6.45) is 11.4. The first kappa shape index (κ1) is 26.8. The van der Waals surface area contributed by atoms with Gasteiger partial charge in [-0.25, -0.2) is 4.98 Å². The Hall–Kier alpha value is -1.43. The first-order valence-electron chi connectivity index (χ1n) is 14.9. The number of carbonyl (C=O) groups is 1. The molecule has 6 rings (SSSR count). The van der Waals surface area contributed by atoms with Gasteiger partial charge < -0.3 is 5.11 Å². The van der Waals surface area contributed by atoms with Gasteiger partial charge in [0.1, 0.15) is 0 Å². The van der Waals surface area contributed by atoms with Gasteiger partial charge in [0.15, 0.2) is 0 Å². The number of hydrogen-bond acceptors (Lipinski definition) is 5. The monoisotopic (exact) mass is 537 g/mol. The minimum atomic E-state index is -0.555. The fraction of sp³-hybridized carbons (Fsp3) is 0.812. The number of thioether (sulfide) groups is 1. The molecule has 5 nitrogen and oxygen atoms in total. The fourth-order valence-corrected chi connectivity index (χ4v) is 12.2. The molecule has 0 saturated heterocycles. The van der Waals surface area contributed by atoms with Gasteiger partial charge in [-0.1, -0.05) is 58.5 Å². The average Bonchev–Trinajstić information content (AvgIpc) is 3.25. The van der Waals surface area contributed by atoms with E-state index in [9.17, 15) is 9.90 Å². The van der Waals surface area contributed by atoms with Crippen molar-refractivity contribution in [2.45, 2.75) is 110 Å². The van der Waals surface area contributed by atoms with Crippen molar-refractivity contribution in [2.24, 2.45) is 51.2 Å². The molecule has 0 radical (unpaired) electrons. The topological polar surface area (TPSA) is 76.0 Å². The Morgan fingerprint density at radius 1 is 0.947 bits per heavy atom. The number of aromatic nitrogens is 3. The predicted molar refractivity (Wildman–Crippen MR) is 152 cm³/mol. The van der Waals surface area contributed by atoms with E-state index in [4.69, 9.17) is 10.1 Å². The number of allylic oxidation sites excluding steroid dienone is 1. The van der Waals surface area contributed by atoms with Crippen molar-refractivity contribution in [3.8, 4) is 0 Å². The van der Waals surface area contributed by atoms with Gasteiger partial charge in [0.25, 0.3) is 0 Å². The third-order valence-electron chi connectivity index (χ3n) is 13.7. The molecule has 208 valence electrons. The van der Waals surface area contributed by atoms with Crippen molar-refractivity contribution in [1.29, 1.82) is 0 Å². The molecule has 0 amide bonds. The first-order valence-corrected chi connectivity index (χ1v) is 16.2. The summed E-state index contributed by atoms with van der Waals surface area (Å²) in [6, 6.07) is 0. The molecular weight excluding hydrogens is 490 g/mol. The molecule has 0 aliphatic heterocycles. The molecule has 9 atom stereocenters. The SMILES string of the molecule is C=C(C)[C@@H]1CC[C@]2(C(=O)O)CC[C@]3(C)C(CCC4[C@@]5(C)Cc6nnc(SC)nc6C(C)(C)C5CC[C@]43C)C12. The molecule has 4 fully saturated rings. The van der Waals surface area contributed by atoms with Gasteiger partial charge >= 0.3 is 5.97 Å². The number of aliphatic carboxylic acids is 1. The van der Waals surface area contributed by atoms with Gasteiger partial charge in [0.2, 0.25) is 5.16 Å². The lowest BCUT2D eigenvalue weighted by atomic mass is 9.32. The Morgan fingerprint density at radius 3 is 2.34 bits per heavy atom. The summed E-state index contributed by atoms with van der Waals surface area (Å²) in [6.45, 7) is 19.1. The van der Waals surface area contributed by atoms with Gasteiger partial charge in [-0.3, -0.25) is 4.79 Å². The van der Waals surface area contributed by atoms with Crippen LogP contribution in [0.15, 0.2) is 17.3 Å². The van der Waals surface area contributed by atoms with Crippen LogP contribution in [0.25, 0.3) is 0 Å². The van der Waals surface area contributed by atoms with E-state index in [0.29, 0.717) is 23.7 Å². The molecule has 0 bridgehead atoms. The normalized spacial score (nSPS) is 46.7. The van der Waals surface area contributed by atoms with Gasteiger partial charge in [0.05, 0.1) is 16.8 Å². The third kappa shape index (κ3) is 3.13. The predicted octanol–water partition coefficient (Wildman–Crippen LogP) is 7.35. The van der Waals surface area contributed by atoms with Crippen LogP contribution in [0.2, 0.25) is 0 Å². The molecule has 4 saturated carbocycles. The molecule has 38 heavy (non-hydrogen) atoms. The lowest BCUT2D eigenvalue weighted by Crippen LogP contribution is -2.67. The molecule has 1 aromatic rings. The lowest BCUT2D eigenvalue weighted by molar-refractivity contribution is -0.228. The summed E-state index contributed by atoms with van der Waals surface area (Å²) >= 11 is 1.58. The number of carboxylic acid groups (broad SMARTS) is 1. The summed E-state index contributed by atoms with van der Waals surface area (Å²) < 4.78 is 0. The summed E-state index contributed by atoms with van der Waals surface area (Å²) in [7, 11) is 0. The number of carboxylic acids is 1. The van der Waals surface area contributed by atoms with Crippen LogP contribution in [0, 0.1) is 51.2 Å². The highest BCUT2D eigenvalue weighted by atomic mass is 32.2. The van der Waals surface area contributed by atoms with Crippen molar-refractivity contribution in [2.75, 3.05) is 6.26 Å². The number of nitrogens with zero attached hydrogens (tertiary/aromatic N) is 3. The maximum Gasteiger partial charge on any atom is 0.309 e. The van der Waals surface area contributed by atoms with E-state index in [2.05, 4.69) is 53.2 Å². The fourth-order valence-electron chi connectivity index (χ4n) is 11.9. The van der Waals surface area contributed by atoms with E-state index in [-0.39, 0.29) is 27.6 Å². The highest BCUT2D eigenvalue weighted by Gasteiger charge is 2.72. The number of fused-ring (bicyclic) bond motifs is 8. The van der Waals surface area contributed by atoms with Crippen molar-refractivity contribution in [3.63, 3.8) is 0 Å². The molecule has 4 unspecified atom stereocenters. The van der Waals surface area contributed by atoms with E-state index in [1.165, 1.54) is 30.5 Å². The lowest BCUT2D eigenvalue weighted by Gasteiger charge is -2.72. The minimum absolute atomic E-state index is 0.0383. The van der Waals surface area contributed by atoms with E-state index < -0.39 is 11.4 Å². The zero-order chi connectivity index (χ0) is 27.5. The highest BCUT2D eigenvalue weighted by Crippen LogP contribution is 2.77. The molecule has 0 spiro atoms. The molecular formula is C32H47N3O2S. The van der Waals surface area contributed by atoms with Gasteiger partial charge in [-0.05, 0) is 117 Å². The van der Waals surface area contributed by atoms with Crippen LogP contribution < -0.4 is 0 Å². The molecule has 1 N–H and O–H groups in total. The Morgan fingerprint density at radius 2 is 1.68 bits per heavy atom. The zero-order valence-corrected chi connectivity index (χ0v) is 25.4. The Labute approximate surface area is 233 Å². The van der Waals surface area contributed by atoms with E-state index >= 15 is 0 Å². The van der Waals surface area contributed by atoms with E-state index in [0.717, 1.165) is 49.4 Å². The Kier molecular flexibility index (Phi) is 5.85. The third-order valence-corrected chi connectivity index (χ3v) is 14.2. The summed E-state index contributed by atoms with van der Waals surface area (Å²) in [4.78, 5) is 17.9. The Bertz CT molecular complexity index is 1200. The molecule has 1 aromatic heterocycles. The average molecular weight is 538 g/mol. The summed E-state index contributed by atoms with van der Waals surface area (Å²) in [5.74, 6) is 1.62. The second-order valence-electron chi connectivity index (χ2n) is 15.1. The summed E-state index contributed by atoms with van der Waals surface area (Å²) in [5.41, 5.74) is 3.34. The highest BCUT2D eigenvalue weighted by molar-refractivity contribution is 7.98. The second-order valence-corrected chi connectivity index (χ2v) is 15.9. The minimum Gasteiger partial charge on any atom is -0.481 e. The largest absolute Gasteiger partial charge is 0.481 e. The molecule has 1 heterocycles. The van der Waals surface area contributed by atoms with Crippen molar-refractivity contribution >= 4 is 17.7 Å². The maximum atomic E-state index is 12.9. The van der Waals surface area contributed by atoms with Crippen LogP contribution in [-0.2, 0) is 16.6 Å². The van der Waals surface area contributed by atoms with E-state index in [1.54, 1.807) is 11.8 Å². The first-order chi connectivity index (χ1) is 17.8. The second kappa shape index (κ2) is 8.30. The molecule has 5 aliphatic carbocycles. The molecule has 5 aliphatic rings. The molecule has 6 heteroatoms. The number of hydrogen-bond donors (Lipinski definition) is 1. The van der Waals surface area contributed by atoms with Crippen LogP contribution in [-0.4, -0.2) is 32.5 Å². The van der Waals surface area contributed by atoms with Crippen molar-refractivity contribution in [1.82, 2.24) is 15.2 Å². The Balaban J connectivity index is 1.43. The van der Waals surface area contributed by atoms with Gasteiger partial charge in [-0.2, -0.15) is 5.10 Å². The maximum absolute atomic E-state index is 12.9.